The lowest BCUT2D eigenvalue weighted by Gasteiger charge is -2.33. The molecule has 1 aromatic carbocycles. The molecule has 0 spiro atoms. The second kappa shape index (κ2) is 7.60. The molecule has 0 saturated carbocycles. The summed E-state index contributed by atoms with van der Waals surface area (Å²) in [5.74, 6) is 1.41. The molecule has 0 unspecified atom stereocenters. The van der Waals surface area contributed by atoms with Crippen molar-refractivity contribution in [3.8, 4) is 0 Å². The van der Waals surface area contributed by atoms with E-state index in [0.29, 0.717) is 19.0 Å². The van der Waals surface area contributed by atoms with E-state index in [1.807, 2.05) is 35.0 Å². The van der Waals surface area contributed by atoms with Crippen molar-refractivity contribution in [2.45, 2.75) is 25.3 Å². The number of likely N-dealkylation sites (tertiary alicyclic amines) is 1. The Balaban J connectivity index is 1.38. The Morgan fingerprint density at radius 1 is 1.35 bits per heavy atom. The van der Waals surface area contributed by atoms with E-state index in [9.17, 15) is 4.79 Å². The van der Waals surface area contributed by atoms with E-state index in [0.717, 1.165) is 42.2 Å². The van der Waals surface area contributed by atoms with Crippen molar-refractivity contribution in [1.29, 1.82) is 0 Å². The number of benzene rings is 1. The van der Waals surface area contributed by atoms with Crippen LogP contribution in [0.4, 0.5) is 0 Å². The van der Waals surface area contributed by atoms with E-state index < -0.39 is 0 Å². The largest absolute Gasteiger partial charge is 0.468 e. The number of hydrogen-bond acceptors (Lipinski definition) is 5. The number of rotatable bonds is 5. The van der Waals surface area contributed by atoms with Gasteiger partial charge in [-0.15, -0.1) is 11.3 Å². The number of aromatic nitrogens is 1. The van der Waals surface area contributed by atoms with Crippen LogP contribution in [0.3, 0.4) is 0 Å². The van der Waals surface area contributed by atoms with Gasteiger partial charge in [0.15, 0.2) is 0 Å². The third kappa shape index (κ3) is 3.81. The highest BCUT2D eigenvalue weighted by Gasteiger charge is 2.27. The van der Waals surface area contributed by atoms with Crippen LogP contribution in [0, 0.1) is 0 Å². The number of nitrogens with zero attached hydrogens (tertiary/aromatic N) is 3. The van der Waals surface area contributed by atoms with Gasteiger partial charge in [-0.25, -0.2) is 4.98 Å². The number of carbonyl (C=O) groups excluding carboxylic acids is 1. The highest BCUT2D eigenvalue weighted by Crippen LogP contribution is 2.32. The van der Waals surface area contributed by atoms with Crippen molar-refractivity contribution in [2.75, 3.05) is 26.7 Å². The van der Waals surface area contributed by atoms with Gasteiger partial charge in [0.2, 0.25) is 5.91 Å². The van der Waals surface area contributed by atoms with Crippen molar-refractivity contribution in [2.24, 2.45) is 0 Å². The molecule has 0 aliphatic carbocycles. The first-order chi connectivity index (χ1) is 12.7. The minimum absolute atomic E-state index is 0.185. The molecule has 6 heteroatoms. The molecule has 1 amide bonds. The van der Waals surface area contributed by atoms with Crippen LogP contribution in [0.2, 0.25) is 0 Å². The van der Waals surface area contributed by atoms with Crippen molar-refractivity contribution >= 4 is 27.5 Å². The number of carbonyl (C=O) groups is 1. The maximum atomic E-state index is 12.7. The van der Waals surface area contributed by atoms with Crippen molar-refractivity contribution < 1.29 is 9.21 Å². The van der Waals surface area contributed by atoms with Gasteiger partial charge in [-0.3, -0.25) is 9.69 Å². The lowest BCUT2D eigenvalue weighted by atomic mass is 9.98. The first kappa shape index (κ1) is 17.2. The molecule has 3 aromatic rings. The highest BCUT2D eigenvalue weighted by atomic mass is 32.1. The molecule has 0 bridgehead atoms. The summed E-state index contributed by atoms with van der Waals surface area (Å²) in [6, 6.07) is 12.1. The van der Waals surface area contributed by atoms with Crippen LogP contribution in [0.15, 0.2) is 47.1 Å². The average molecular weight is 369 g/mol. The van der Waals surface area contributed by atoms with Gasteiger partial charge in [0, 0.05) is 19.0 Å². The van der Waals surface area contributed by atoms with E-state index in [1.54, 1.807) is 17.6 Å². The van der Waals surface area contributed by atoms with Crippen molar-refractivity contribution in [3.05, 3.63) is 53.4 Å². The number of para-hydroxylation sites is 1. The number of furan rings is 1. The predicted molar refractivity (Wildman–Crippen MR) is 103 cm³/mol. The normalized spacial score (nSPS) is 17.9. The van der Waals surface area contributed by atoms with Gasteiger partial charge in [-0.1, -0.05) is 12.1 Å². The summed E-state index contributed by atoms with van der Waals surface area (Å²) in [7, 11) is 1.95. The summed E-state index contributed by atoms with van der Waals surface area (Å²) in [4.78, 5) is 21.5. The number of hydrogen-bond donors (Lipinski definition) is 0. The molecule has 2 aromatic heterocycles. The maximum absolute atomic E-state index is 12.7. The molecule has 4 rings (SSSR count). The van der Waals surface area contributed by atoms with Gasteiger partial charge < -0.3 is 9.32 Å². The molecule has 1 aliphatic heterocycles. The fourth-order valence-corrected chi connectivity index (χ4v) is 4.62. The minimum Gasteiger partial charge on any atom is -0.468 e. The fraction of sp³-hybridized carbons (Fsp3) is 0.400. The van der Waals surface area contributed by atoms with Gasteiger partial charge in [-0.05, 0) is 44.2 Å². The zero-order valence-electron chi connectivity index (χ0n) is 14.9. The van der Waals surface area contributed by atoms with E-state index in [-0.39, 0.29) is 5.91 Å². The average Bonchev–Trinajstić information content (AvgIpc) is 3.31. The third-order valence-electron chi connectivity index (χ3n) is 4.84. The van der Waals surface area contributed by atoms with Crippen LogP contribution in [-0.2, 0) is 11.3 Å². The number of thiazole rings is 1. The van der Waals surface area contributed by atoms with Crippen molar-refractivity contribution in [3.63, 3.8) is 0 Å². The summed E-state index contributed by atoms with van der Waals surface area (Å²) in [5, 5.41) is 1.16. The van der Waals surface area contributed by atoms with Gasteiger partial charge in [0.1, 0.15) is 5.76 Å². The first-order valence-electron chi connectivity index (χ1n) is 9.03. The lowest BCUT2D eigenvalue weighted by molar-refractivity contribution is -0.133. The highest BCUT2D eigenvalue weighted by molar-refractivity contribution is 7.18. The third-order valence-corrected chi connectivity index (χ3v) is 6.04. The van der Waals surface area contributed by atoms with Crippen LogP contribution in [0.1, 0.15) is 29.5 Å². The summed E-state index contributed by atoms with van der Waals surface area (Å²) in [6.45, 7) is 2.67. The Morgan fingerprint density at radius 2 is 2.23 bits per heavy atom. The smallest absolute Gasteiger partial charge is 0.236 e. The summed E-state index contributed by atoms with van der Waals surface area (Å²) >= 11 is 1.76. The zero-order chi connectivity index (χ0) is 17.9. The van der Waals surface area contributed by atoms with Gasteiger partial charge in [0.25, 0.3) is 0 Å². The Morgan fingerprint density at radius 3 is 3.04 bits per heavy atom. The Hall–Kier alpha value is -2.18. The molecule has 136 valence electrons. The SMILES string of the molecule is CN(CC(=O)N1CCC[C@@H](c2nc3ccccc3s2)C1)Cc1ccco1. The standard InChI is InChI=1S/C20H23N3O2S/c1-22(13-16-7-5-11-25-16)14-19(24)23-10-4-6-15(12-23)20-21-17-8-2-3-9-18(17)26-20/h2-3,5,7-9,11,15H,4,6,10,12-14H2,1H3/t15-/m1/s1. The topological polar surface area (TPSA) is 49.6 Å². The maximum Gasteiger partial charge on any atom is 0.236 e. The van der Waals surface area contributed by atoms with Crippen LogP contribution in [0.25, 0.3) is 10.2 Å². The molecule has 0 N–H and O–H groups in total. The molecule has 1 aliphatic rings. The second-order valence-corrected chi connectivity index (χ2v) is 8.01. The van der Waals surface area contributed by atoms with E-state index in [1.165, 1.54) is 4.70 Å². The molecule has 1 saturated heterocycles. The van der Waals surface area contributed by atoms with E-state index in [2.05, 4.69) is 18.2 Å². The molecule has 26 heavy (non-hydrogen) atoms. The van der Waals surface area contributed by atoms with Crippen LogP contribution in [-0.4, -0.2) is 47.4 Å². The van der Waals surface area contributed by atoms with Crippen molar-refractivity contribution in [1.82, 2.24) is 14.8 Å². The molecule has 0 radical (unpaired) electrons. The zero-order valence-corrected chi connectivity index (χ0v) is 15.7. The molecule has 1 fully saturated rings. The Labute approximate surface area is 157 Å². The van der Waals surface area contributed by atoms with Crippen LogP contribution >= 0.6 is 11.3 Å². The quantitative estimate of drug-likeness (QED) is 0.688. The number of fused-ring (bicyclic) bond motifs is 1. The lowest BCUT2D eigenvalue weighted by Crippen LogP contribution is -2.43. The van der Waals surface area contributed by atoms with E-state index in [4.69, 9.17) is 9.40 Å². The summed E-state index contributed by atoms with van der Waals surface area (Å²) < 4.78 is 6.59. The summed E-state index contributed by atoms with van der Waals surface area (Å²) in [6.07, 6.45) is 3.80. The molecular weight excluding hydrogens is 346 g/mol. The van der Waals surface area contributed by atoms with Crippen LogP contribution < -0.4 is 0 Å². The Bertz CT molecular complexity index is 841. The fourth-order valence-electron chi connectivity index (χ4n) is 3.53. The molecular formula is C20H23N3O2S. The van der Waals surface area contributed by atoms with Crippen LogP contribution in [0.5, 0.6) is 0 Å². The predicted octanol–water partition coefficient (Wildman–Crippen LogP) is 3.73. The molecule has 5 nitrogen and oxygen atoms in total. The number of amides is 1. The number of piperidine rings is 1. The molecule has 3 heterocycles. The Kier molecular flexibility index (Phi) is 5.04. The second-order valence-electron chi connectivity index (χ2n) is 6.95. The summed E-state index contributed by atoms with van der Waals surface area (Å²) in [5.41, 5.74) is 1.06. The number of likely N-dealkylation sites (N-methyl/N-ethyl adjacent to an activating group) is 1. The van der Waals surface area contributed by atoms with Gasteiger partial charge >= 0.3 is 0 Å². The first-order valence-corrected chi connectivity index (χ1v) is 9.85. The van der Waals surface area contributed by atoms with Gasteiger partial charge in [-0.2, -0.15) is 0 Å². The monoisotopic (exact) mass is 369 g/mol. The molecule has 1 atom stereocenters. The van der Waals surface area contributed by atoms with Gasteiger partial charge in [0.05, 0.1) is 34.6 Å². The van der Waals surface area contributed by atoms with E-state index >= 15 is 0 Å². The minimum atomic E-state index is 0.185.